The first-order chi connectivity index (χ1) is 11.0. The van der Waals surface area contributed by atoms with Crippen LogP contribution >= 0.6 is 11.3 Å². The Morgan fingerprint density at radius 2 is 1.83 bits per heavy atom. The first-order valence-corrected chi connectivity index (χ1v) is 10.2. The summed E-state index contributed by atoms with van der Waals surface area (Å²) < 4.78 is 26.5. The molecule has 3 rings (SSSR count). The van der Waals surface area contributed by atoms with E-state index in [0.29, 0.717) is 19.0 Å². The molecule has 0 amide bonds. The highest BCUT2D eigenvalue weighted by Crippen LogP contribution is 2.32. The van der Waals surface area contributed by atoms with Crippen molar-refractivity contribution in [3.05, 3.63) is 63.2 Å². The maximum atomic E-state index is 12.5. The van der Waals surface area contributed by atoms with Gasteiger partial charge in [0.1, 0.15) is 0 Å². The summed E-state index contributed by atoms with van der Waals surface area (Å²) in [7, 11) is -3.33. The van der Waals surface area contributed by atoms with Gasteiger partial charge in [-0.1, -0.05) is 35.9 Å². The molecule has 0 radical (unpaired) electrons. The summed E-state index contributed by atoms with van der Waals surface area (Å²) >= 11 is 1.76. The van der Waals surface area contributed by atoms with E-state index in [1.807, 2.05) is 31.2 Å². The van der Waals surface area contributed by atoms with Crippen LogP contribution in [0.5, 0.6) is 0 Å². The average molecular weight is 348 g/mol. The molecule has 1 aliphatic heterocycles. The van der Waals surface area contributed by atoms with E-state index in [1.54, 1.807) is 21.7 Å². The van der Waals surface area contributed by atoms with Crippen LogP contribution in [0, 0.1) is 6.92 Å². The summed E-state index contributed by atoms with van der Waals surface area (Å²) in [6.07, 6.45) is 3.48. The maximum Gasteiger partial charge on any atom is 0.236 e. The monoisotopic (exact) mass is 347 g/mol. The molecule has 0 saturated carbocycles. The van der Waals surface area contributed by atoms with Gasteiger partial charge in [-0.25, -0.2) is 8.42 Å². The summed E-state index contributed by atoms with van der Waals surface area (Å²) in [5, 5.41) is 3.42. The van der Waals surface area contributed by atoms with E-state index in [0.717, 1.165) is 18.4 Å². The Hall–Kier alpha value is -1.43. The number of benzene rings is 1. The van der Waals surface area contributed by atoms with E-state index < -0.39 is 10.0 Å². The van der Waals surface area contributed by atoms with E-state index in [9.17, 15) is 8.42 Å². The van der Waals surface area contributed by atoms with Gasteiger partial charge in [-0.15, -0.1) is 11.3 Å². The molecule has 1 aromatic heterocycles. The average Bonchev–Trinajstić information content (AvgIpc) is 3.09. The van der Waals surface area contributed by atoms with Crippen LogP contribution in [0.25, 0.3) is 6.08 Å². The summed E-state index contributed by atoms with van der Waals surface area (Å²) in [6.45, 7) is 3.22. The van der Waals surface area contributed by atoms with Crippen molar-refractivity contribution < 1.29 is 8.42 Å². The molecule has 0 aliphatic carbocycles. The molecule has 2 aromatic rings. The number of hydrogen-bond donors (Lipinski definition) is 0. The van der Waals surface area contributed by atoms with Gasteiger partial charge in [0, 0.05) is 23.4 Å². The Morgan fingerprint density at radius 3 is 2.43 bits per heavy atom. The van der Waals surface area contributed by atoms with E-state index in [2.05, 4.69) is 17.5 Å². The number of piperidine rings is 1. The Morgan fingerprint density at radius 1 is 1.13 bits per heavy atom. The molecule has 122 valence electrons. The Bertz CT molecular complexity index is 754. The van der Waals surface area contributed by atoms with Gasteiger partial charge in [0.15, 0.2) is 0 Å². The standard InChI is InChI=1S/C18H21NO2S2/c1-15-4-6-16(7-5-15)10-14-23(20,21)19-11-8-17(9-12-19)18-3-2-13-22-18/h2-7,10,13-14,17H,8-9,11-12H2,1H3. The number of aryl methyl sites for hydroxylation is 1. The third-order valence-corrected chi connectivity index (χ3v) is 6.87. The normalized spacial score (nSPS) is 17.8. The van der Waals surface area contributed by atoms with Crippen LogP contribution in [0.15, 0.2) is 47.2 Å². The molecular weight excluding hydrogens is 326 g/mol. The predicted octanol–water partition coefficient (Wildman–Crippen LogP) is 4.24. The van der Waals surface area contributed by atoms with E-state index in [-0.39, 0.29) is 0 Å². The topological polar surface area (TPSA) is 37.4 Å². The van der Waals surface area contributed by atoms with Gasteiger partial charge in [0.05, 0.1) is 0 Å². The smallest absolute Gasteiger partial charge is 0.208 e. The van der Waals surface area contributed by atoms with Crippen molar-refractivity contribution in [3.8, 4) is 0 Å². The molecule has 3 nitrogen and oxygen atoms in total. The first kappa shape index (κ1) is 16.4. The molecule has 2 heterocycles. The van der Waals surface area contributed by atoms with Crippen molar-refractivity contribution in [2.45, 2.75) is 25.7 Å². The van der Waals surface area contributed by atoms with E-state index in [1.165, 1.54) is 15.8 Å². The molecule has 5 heteroatoms. The molecule has 1 aliphatic rings. The van der Waals surface area contributed by atoms with Crippen molar-refractivity contribution in [2.24, 2.45) is 0 Å². The number of sulfonamides is 1. The molecule has 0 N–H and O–H groups in total. The Labute approximate surface area is 142 Å². The van der Waals surface area contributed by atoms with Crippen LogP contribution < -0.4 is 0 Å². The van der Waals surface area contributed by atoms with Crippen molar-refractivity contribution in [1.29, 1.82) is 0 Å². The Balaban J connectivity index is 1.63. The summed E-state index contributed by atoms with van der Waals surface area (Å²) in [5.74, 6) is 0.502. The van der Waals surface area contributed by atoms with Gasteiger partial charge in [0.25, 0.3) is 0 Å². The van der Waals surface area contributed by atoms with Gasteiger partial charge in [-0.05, 0) is 48.8 Å². The van der Waals surface area contributed by atoms with Crippen LogP contribution in [0.2, 0.25) is 0 Å². The maximum absolute atomic E-state index is 12.5. The van der Waals surface area contributed by atoms with Crippen molar-refractivity contribution in [2.75, 3.05) is 13.1 Å². The lowest BCUT2D eigenvalue weighted by molar-refractivity contribution is 0.325. The zero-order valence-electron chi connectivity index (χ0n) is 13.2. The number of rotatable bonds is 4. The highest BCUT2D eigenvalue weighted by molar-refractivity contribution is 7.92. The molecule has 1 aromatic carbocycles. The lowest BCUT2D eigenvalue weighted by atomic mass is 9.97. The largest absolute Gasteiger partial charge is 0.236 e. The van der Waals surface area contributed by atoms with Crippen molar-refractivity contribution in [3.63, 3.8) is 0 Å². The number of nitrogens with zero attached hydrogens (tertiary/aromatic N) is 1. The molecule has 0 spiro atoms. The SMILES string of the molecule is Cc1ccc(C=CS(=O)(=O)N2CCC(c3cccs3)CC2)cc1. The van der Waals surface area contributed by atoms with Crippen molar-refractivity contribution >= 4 is 27.4 Å². The second-order valence-electron chi connectivity index (χ2n) is 5.95. The zero-order chi connectivity index (χ0) is 16.3. The van der Waals surface area contributed by atoms with Crippen LogP contribution in [0.4, 0.5) is 0 Å². The minimum atomic E-state index is -3.33. The fraction of sp³-hybridized carbons (Fsp3) is 0.333. The van der Waals surface area contributed by atoms with Gasteiger partial charge < -0.3 is 0 Å². The minimum absolute atomic E-state index is 0.502. The van der Waals surface area contributed by atoms with Gasteiger partial charge in [-0.2, -0.15) is 4.31 Å². The molecule has 23 heavy (non-hydrogen) atoms. The van der Waals surface area contributed by atoms with E-state index in [4.69, 9.17) is 0 Å². The fourth-order valence-electron chi connectivity index (χ4n) is 2.85. The van der Waals surface area contributed by atoms with Gasteiger partial charge in [-0.3, -0.25) is 0 Å². The quantitative estimate of drug-likeness (QED) is 0.830. The lowest BCUT2D eigenvalue weighted by Crippen LogP contribution is -2.36. The summed E-state index contributed by atoms with van der Waals surface area (Å²) in [6, 6.07) is 12.1. The molecule has 1 saturated heterocycles. The summed E-state index contributed by atoms with van der Waals surface area (Å²) in [4.78, 5) is 1.37. The third kappa shape index (κ3) is 4.10. The van der Waals surface area contributed by atoms with E-state index >= 15 is 0 Å². The summed E-state index contributed by atoms with van der Waals surface area (Å²) in [5.41, 5.74) is 2.08. The van der Waals surface area contributed by atoms with Crippen LogP contribution in [-0.4, -0.2) is 25.8 Å². The molecule has 0 unspecified atom stereocenters. The van der Waals surface area contributed by atoms with Crippen LogP contribution in [-0.2, 0) is 10.0 Å². The number of thiophene rings is 1. The first-order valence-electron chi connectivity index (χ1n) is 7.83. The van der Waals surface area contributed by atoms with Crippen LogP contribution in [0.3, 0.4) is 0 Å². The van der Waals surface area contributed by atoms with Crippen LogP contribution in [0.1, 0.15) is 34.8 Å². The molecule has 0 atom stereocenters. The molecular formula is C18H21NO2S2. The molecule has 0 bridgehead atoms. The van der Waals surface area contributed by atoms with Crippen molar-refractivity contribution in [1.82, 2.24) is 4.31 Å². The van der Waals surface area contributed by atoms with Gasteiger partial charge in [0.2, 0.25) is 10.0 Å². The number of hydrogen-bond acceptors (Lipinski definition) is 3. The predicted molar refractivity (Wildman–Crippen MR) is 97.0 cm³/mol. The second-order valence-corrected chi connectivity index (χ2v) is 8.74. The minimum Gasteiger partial charge on any atom is -0.208 e. The fourth-order valence-corrected chi connectivity index (χ4v) is 4.97. The lowest BCUT2D eigenvalue weighted by Gasteiger charge is -2.29. The molecule has 1 fully saturated rings. The highest BCUT2D eigenvalue weighted by Gasteiger charge is 2.27. The van der Waals surface area contributed by atoms with Gasteiger partial charge >= 0.3 is 0 Å². The zero-order valence-corrected chi connectivity index (χ0v) is 14.8. The Kier molecular flexibility index (Phi) is 4.99. The second kappa shape index (κ2) is 6.99. The third-order valence-electron chi connectivity index (χ3n) is 4.27. The highest BCUT2D eigenvalue weighted by atomic mass is 32.2.